The molecule has 3 heteroatoms. The Bertz CT molecular complexity index is 359. The minimum atomic E-state index is -0.703. The van der Waals surface area contributed by atoms with Gasteiger partial charge in [-0.2, -0.15) is 0 Å². The summed E-state index contributed by atoms with van der Waals surface area (Å²) in [5, 5.41) is 3.43. The second kappa shape index (κ2) is 5.11. The van der Waals surface area contributed by atoms with Gasteiger partial charge < -0.3 is 5.32 Å². The summed E-state index contributed by atoms with van der Waals surface area (Å²) in [6.07, 6.45) is 5.28. The molecule has 1 N–H and O–H groups in total. The van der Waals surface area contributed by atoms with Crippen LogP contribution >= 0.6 is 0 Å². The highest BCUT2D eigenvalue weighted by molar-refractivity contribution is 7.85. The zero-order chi connectivity index (χ0) is 11.4. The van der Waals surface area contributed by atoms with E-state index in [2.05, 4.69) is 17.4 Å². The highest BCUT2D eigenvalue weighted by Gasteiger charge is 2.40. The number of benzene rings is 1. The van der Waals surface area contributed by atoms with E-state index in [1.807, 2.05) is 24.5 Å². The average molecular weight is 237 g/mol. The summed E-state index contributed by atoms with van der Waals surface area (Å²) >= 11 is 0. The van der Waals surface area contributed by atoms with Crippen LogP contribution in [0.2, 0.25) is 0 Å². The Kier molecular flexibility index (Phi) is 3.77. The molecule has 0 aliphatic heterocycles. The molecule has 1 saturated carbocycles. The number of hydrogen-bond donors (Lipinski definition) is 1. The predicted octanol–water partition coefficient (Wildman–Crippen LogP) is 2.08. The molecule has 0 saturated heterocycles. The van der Waals surface area contributed by atoms with Crippen LogP contribution in [0.4, 0.5) is 0 Å². The zero-order valence-corrected chi connectivity index (χ0v) is 10.6. The van der Waals surface area contributed by atoms with Crippen molar-refractivity contribution in [3.8, 4) is 0 Å². The van der Waals surface area contributed by atoms with Crippen LogP contribution < -0.4 is 5.32 Å². The molecule has 0 radical (unpaired) electrons. The molecule has 16 heavy (non-hydrogen) atoms. The fraction of sp³-hybridized carbons (Fsp3) is 0.538. The number of hydrogen-bond acceptors (Lipinski definition) is 2. The van der Waals surface area contributed by atoms with E-state index in [4.69, 9.17) is 0 Å². The molecule has 1 aromatic carbocycles. The fourth-order valence-electron chi connectivity index (χ4n) is 2.17. The lowest BCUT2D eigenvalue weighted by Gasteiger charge is -2.40. The monoisotopic (exact) mass is 237 g/mol. The standard InChI is InChI=1S/C13H19NOS/c1-16(15)13(8-5-9-13)11-14-10-12-6-3-2-4-7-12/h2-4,6-7,14H,5,8-11H2,1H3. The second-order valence-electron chi connectivity index (χ2n) is 4.58. The summed E-state index contributed by atoms with van der Waals surface area (Å²) < 4.78 is 11.7. The van der Waals surface area contributed by atoms with Crippen LogP contribution in [0, 0.1) is 0 Å². The first-order valence-corrected chi connectivity index (χ1v) is 7.37. The molecule has 0 amide bonds. The zero-order valence-electron chi connectivity index (χ0n) is 9.74. The van der Waals surface area contributed by atoms with Gasteiger partial charge in [0.1, 0.15) is 0 Å². The SMILES string of the molecule is CS(=O)C1(CNCc2ccccc2)CCC1. The Morgan fingerprint density at radius 1 is 1.31 bits per heavy atom. The van der Waals surface area contributed by atoms with Gasteiger partial charge in [-0.15, -0.1) is 0 Å². The average Bonchev–Trinajstić information content (AvgIpc) is 2.23. The van der Waals surface area contributed by atoms with Crippen LogP contribution in [-0.4, -0.2) is 21.8 Å². The van der Waals surface area contributed by atoms with Crippen molar-refractivity contribution in [2.24, 2.45) is 0 Å². The van der Waals surface area contributed by atoms with E-state index in [0.29, 0.717) is 0 Å². The normalized spacial score (nSPS) is 20.1. The van der Waals surface area contributed by atoms with E-state index < -0.39 is 10.8 Å². The molecule has 88 valence electrons. The van der Waals surface area contributed by atoms with E-state index in [9.17, 15) is 4.21 Å². The molecular weight excluding hydrogens is 218 g/mol. The maximum Gasteiger partial charge on any atom is 0.0580 e. The Morgan fingerprint density at radius 3 is 2.50 bits per heavy atom. The lowest BCUT2D eigenvalue weighted by molar-refractivity contribution is 0.335. The van der Waals surface area contributed by atoms with Crippen LogP contribution in [0.3, 0.4) is 0 Å². The highest BCUT2D eigenvalue weighted by atomic mass is 32.2. The summed E-state index contributed by atoms with van der Waals surface area (Å²) in [5.74, 6) is 0. The summed E-state index contributed by atoms with van der Waals surface area (Å²) in [5.41, 5.74) is 1.29. The smallest absolute Gasteiger partial charge is 0.0580 e. The molecule has 1 fully saturated rings. The first-order valence-electron chi connectivity index (χ1n) is 5.81. The van der Waals surface area contributed by atoms with Crippen molar-refractivity contribution in [1.29, 1.82) is 0 Å². The molecule has 1 unspecified atom stereocenters. The molecule has 0 bridgehead atoms. The Hall–Kier alpha value is -0.670. The van der Waals surface area contributed by atoms with Gasteiger partial charge in [-0.25, -0.2) is 0 Å². The van der Waals surface area contributed by atoms with Crippen molar-refractivity contribution < 1.29 is 4.21 Å². The summed E-state index contributed by atoms with van der Waals surface area (Å²) in [4.78, 5) is 0. The molecule has 1 aromatic rings. The maximum atomic E-state index is 11.7. The van der Waals surface area contributed by atoms with Crippen molar-refractivity contribution in [2.45, 2.75) is 30.6 Å². The lowest BCUT2D eigenvalue weighted by Crippen LogP contribution is -2.49. The molecular formula is C13H19NOS. The number of nitrogens with one attached hydrogen (secondary N) is 1. The van der Waals surface area contributed by atoms with E-state index in [0.717, 1.165) is 25.9 Å². The van der Waals surface area contributed by atoms with Crippen molar-refractivity contribution >= 4 is 10.8 Å². The molecule has 1 atom stereocenters. The molecule has 0 aromatic heterocycles. The van der Waals surface area contributed by atoms with Crippen molar-refractivity contribution in [1.82, 2.24) is 5.32 Å². The summed E-state index contributed by atoms with van der Waals surface area (Å²) in [6, 6.07) is 10.4. The minimum Gasteiger partial charge on any atom is -0.311 e. The van der Waals surface area contributed by atoms with E-state index in [1.165, 1.54) is 12.0 Å². The molecule has 0 heterocycles. The Balaban J connectivity index is 1.82. The first kappa shape index (κ1) is 11.8. The highest BCUT2D eigenvalue weighted by Crippen LogP contribution is 2.36. The molecule has 1 aliphatic carbocycles. The molecule has 2 nitrogen and oxygen atoms in total. The third-order valence-corrected chi connectivity index (χ3v) is 5.27. The van der Waals surface area contributed by atoms with Crippen LogP contribution in [0.25, 0.3) is 0 Å². The van der Waals surface area contributed by atoms with Gasteiger partial charge in [-0.1, -0.05) is 36.8 Å². The van der Waals surface area contributed by atoms with Crippen LogP contribution in [-0.2, 0) is 17.3 Å². The van der Waals surface area contributed by atoms with Crippen LogP contribution in [0.5, 0.6) is 0 Å². The van der Waals surface area contributed by atoms with Gasteiger partial charge >= 0.3 is 0 Å². The third-order valence-electron chi connectivity index (χ3n) is 3.49. The summed E-state index contributed by atoms with van der Waals surface area (Å²) in [6.45, 7) is 1.75. The topological polar surface area (TPSA) is 29.1 Å². The van der Waals surface area contributed by atoms with Gasteiger partial charge in [0.05, 0.1) is 4.75 Å². The van der Waals surface area contributed by atoms with Crippen molar-refractivity contribution in [3.63, 3.8) is 0 Å². The van der Waals surface area contributed by atoms with Gasteiger partial charge in [-0.05, 0) is 18.4 Å². The quantitative estimate of drug-likeness (QED) is 0.849. The Labute approximate surface area is 99.9 Å². The minimum absolute atomic E-state index is 0.0643. The van der Waals surface area contributed by atoms with Crippen molar-refractivity contribution in [2.75, 3.05) is 12.8 Å². The predicted molar refractivity (Wildman–Crippen MR) is 68.8 cm³/mol. The van der Waals surface area contributed by atoms with Crippen LogP contribution in [0.1, 0.15) is 24.8 Å². The van der Waals surface area contributed by atoms with Gasteiger partial charge in [0.25, 0.3) is 0 Å². The van der Waals surface area contributed by atoms with Gasteiger partial charge in [-0.3, -0.25) is 4.21 Å². The molecule has 0 spiro atoms. The van der Waals surface area contributed by atoms with E-state index >= 15 is 0 Å². The van der Waals surface area contributed by atoms with Crippen LogP contribution in [0.15, 0.2) is 30.3 Å². The van der Waals surface area contributed by atoms with E-state index in [1.54, 1.807) is 0 Å². The van der Waals surface area contributed by atoms with E-state index in [-0.39, 0.29) is 4.75 Å². The first-order chi connectivity index (χ1) is 7.73. The van der Waals surface area contributed by atoms with Crippen molar-refractivity contribution in [3.05, 3.63) is 35.9 Å². The largest absolute Gasteiger partial charge is 0.311 e. The van der Waals surface area contributed by atoms with Gasteiger partial charge in [0.15, 0.2) is 0 Å². The fourth-order valence-corrected chi connectivity index (χ4v) is 3.34. The lowest BCUT2D eigenvalue weighted by atomic mass is 9.84. The third kappa shape index (κ3) is 2.53. The van der Waals surface area contributed by atoms with Gasteiger partial charge in [0.2, 0.25) is 0 Å². The number of rotatable bonds is 5. The molecule has 1 aliphatic rings. The maximum absolute atomic E-state index is 11.7. The molecule has 2 rings (SSSR count). The van der Waals surface area contributed by atoms with Gasteiger partial charge in [0, 0.05) is 30.1 Å². The second-order valence-corrected chi connectivity index (χ2v) is 6.35. The Morgan fingerprint density at radius 2 is 2.00 bits per heavy atom. The summed E-state index contributed by atoms with van der Waals surface area (Å²) in [7, 11) is -0.703.